The van der Waals surface area contributed by atoms with E-state index in [-0.39, 0.29) is 16.8 Å². The van der Waals surface area contributed by atoms with E-state index in [9.17, 15) is 13.2 Å². The van der Waals surface area contributed by atoms with Crippen molar-refractivity contribution in [2.24, 2.45) is 0 Å². The molecule has 1 aromatic rings. The molecular weight excluding hydrogens is 366 g/mol. The minimum Gasteiger partial charge on any atom is -0.494 e. The van der Waals surface area contributed by atoms with E-state index in [2.05, 4.69) is 12.2 Å². The lowest BCUT2D eigenvalue weighted by Crippen LogP contribution is -3.15. The summed E-state index contributed by atoms with van der Waals surface area (Å²) in [4.78, 5) is 13.5. The van der Waals surface area contributed by atoms with E-state index in [4.69, 9.17) is 4.74 Å². The number of carbonyl (C=O) groups is 1. The Morgan fingerprint density at radius 1 is 1.22 bits per heavy atom. The first-order chi connectivity index (χ1) is 12.9. The van der Waals surface area contributed by atoms with Crippen LogP contribution in [0.4, 0.5) is 0 Å². The van der Waals surface area contributed by atoms with Crippen molar-refractivity contribution < 1.29 is 22.8 Å². The van der Waals surface area contributed by atoms with Gasteiger partial charge in [0.25, 0.3) is 5.91 Å². The van der Waals surface area contributed by atoms with Gasteiger partial charge in [-0.1, -0.05) is 13.3 Å². The number of ether oxygens (including phenoxy) is 1. The zero-order valence-electron chi connectivity index (χ0n) is 16.5. The molecule has 0 spiro atoms. The molecular formula is C19H32N3O4S+. The molecule has 27 heavy (non-hydrogen) atoms. The second-order valence-electron chi connectivity index (χ2n) is 6.99. The van der Waals surface area contributed by atoms with Crippen molar-refractivity contribution in [3.63, 3.8) is 0 Å². The van der Waals surface area contributed by atoms with E-state index >= 15 is 0 Å². The maximum Gasteiger partial charge on any atom is 0.275 e. The van der Waals surface area contributed by atoms with Crippen molar-refractivity contribution in [1.29, 1.82) is 0 Å². The molecule has 2 N–H and O–H groups in total. The van der Waals surface area contributed by atoms with Crippen molar-refractivity contribution in [3.05, 3.63) is 24.3 Å². The lowest BCUT2D eigenvalue weighted by Gasteiger charge is -2.31. The third-order valence-corrected chi connectivity index (χ3v) is 6.65. The number of nitrogens with one attached hydrogen (secondary N) is 2. The summed E-state index contributed by atoms with van der Waals surface area (Å²) >= 11 is 0. The SMILES string of the molecule is CCC[C@@H](C)NC(=O)C[NH+]1CCN(S(=O)(=O)c2ccc(OCC)cc2)CC1. The van der Waals surface area contributed by atoms with Crippen LogP contribution in [-0.4, -0.2) is 64.0 Å². The highest BCUT2D eigenvalue weighted by atomic mass is 32.2. The summed E-state index contributed by atoms with van der Waals surface area (Å²) in [6.45, 7) is 9.03. The standard InChI is InChI=1S/C19H31N3O4S/c1-4-6-16(3)20-19(23)15-21-11-13-22(14-12-21)27(24,25)18-9-7-17(8-10-18)26-5-2/h7-10,16H,4-6,11-15H2,1-3H3,(H,20,23)/p+1/t16-/m1/s1. The van der Waals surface area contributed by atoms with Gasteiger partial charge in [-0.2, -0.15) is 4.31 Å². The van der Waals surface area contributed by atoms with Gasteiger partial charge in [-0.3, -0.25) is 4.79 Å². The third kappa shape index (κ3) is 6.19. The molecule has 0 bridgehead atoms. The topological polar surface area (TPSA) is 80.2 Å². The van der Waals surface area contributed by atoms with E-state index in [0.29, 0.717) is 45.1 Å². The number of benzene rings is 1. The second kappa shape index (κ2) is 10.1. The summed E-state index contributed by atoms with van der Waals surface area (Å²) in [5.74, 6) is 0.697. The summed E-state index contributed by atoms with van der Waals surface area (Å²) in [5.41, 5.74) is 0. The minimum absolute atomic E-state index is 0.0359. The fourth-order valence-corrected chi connectivity index (χ4v) is 4.74. The first-order valence-corrected chi connectivity index (χ1v) is 11.2. The van der Waals surface area contributed by atoms with Crippen molar-refractivity contribution in [2.45, 2.75) is 44.6 Å². The van der Waals surface area contributed by atoms with Crippen molar-refractivity contribution in [1.82, 2.24) is 9.62 Å². The van der Waals surface area contributed by atoms with Crippen LogP contribution >= 0.6 is 0 Å². The Kier molecular flexibility index (Phi) is 8.07. The Morgan fingerprint density at radius 3 is 2.41 bits per heavy atom. The van der Waals surface area contributed by atoms with Gasteiger partial charge >= 0.3 is 0 Å². The van der Waals surface area contributed by atoms with Gasteiger partial charge in [-0.25, -0.2) is 8.42 Å². The Labute approximate surface area is 162 Å². The number of hydrogen-bond donors (Lipinski definition) is 2. The van der Waals surface area contributed by atoms with Gasteiger partial charge in [0.1, 0.15) is 5.75 Å². The number of nitrogens with zero attached hydrogens (tertiary/aromatic N) is 1. The minimum atomic E-state index is -3.51. The molecule has 0 unspecified atom stereocenters. The Morgan fingerprint density at radius 2 is 1.85 bits per heavy atom. The molecule has 1 aliphatic rings. The number of amides is 1. The molecule has 0 aliphatic carbocycles. The van der Waals surface area contributed by atoms with Crippen LogP contribution in [-0.2, 0) is 14.8 Å². The highest BCUT2D eigenvalue weighted by Crippen LogP contribution is 2.19. The smallest absolute Gasteiger partial charge is 0.275 e. The predicted molar refractivity (Wildman–Crippen MR) is 104 cm³/mol. The molecule has 1 fully saturated rings. The Hall–Kier alpha value is -1.64. The maximum atomic E-state index is 12.8. The average Bonchev–Trinajstić information content (AvgIpc) is 2.63. The van der Waals surface area contributed by atoms with Gasteiger partial charge in [-0.15, -0.1) is 0 Å². The fourth-order valence-electron chi connectivity index (χ4n) is 3.30. The van der Waals surface area contributed by atoms with Crippen LogP contribution in [0.5, 0.6) is 5.75 Å². The number of rotatable bonds is 9. The zero-order chi connectivity index (χ0) is 19.9. The van der Waals surface area contributed by atoms with Crippen molar-refractivity contribution >= 4 is 15.9 Å². The number of quaternary nitrogens is 1. The molecule has 0 aromatic heterocycles. The predicted octanol–water partition coefficient (Wildman–Crippen LogP) is 0.279. The second-order valence-corrected chi connectivity index (χ2v) is 8.93. The van der Waals surface area contributed by atoms with E-state index in [1.165, 1.54) is 4.31 Å². The molecule has 2 rings (SSSR count). The lowest BCUT2D eigenvalue weighted by molar-refractivity contribution is -0.895. The molecule has 8 heteroatoms. The van der Waals surface area contributed by atoms with Gasteiger partial charge in [0, 0.05) is 6.04 Å². The van der Waals surface area contributed by atoms with Crippen molar-refractivity contribution in [2.75, 3.05) is 39.3 Å². The third-order valence-electron chi connectivity index (χ3n) is 4.74. The van der Waals surface area contributed by atoms with E-state index in [1.54, 1.807) is 24.3 Å². The van der Waals surface area contributed by atoms with Crippen LogP contribution in [0.3, 0.4) is 0 Å². The Bertz CT molecular complexity index is 698. The van der Waals surface area contributed by atoms with Gasteiger partial charge in [0.2, 0.25) is 10.0 Å². The van der Waals surface area contributed by atoms with E-state index in [1.807, 2.05) is 13.8 Å². The summed E-state index contributed by atoms with van der Waals surface area (Å²) in [5, 5.41) is 3.01. The molecule has 1 atom stereocenters. The number of piperazine rings is 1. The van der Waals surface area contributed by atoms with Gasteiger partial charge in [-0.05, 0) is 44.5 Å². The molecule has 1 amide bonds. The maximum absolute atomic E-state index is 12.8. The quantitative estimate of drug-likeness (QED) is 0.626. The average molecular weight is 399 g/mol. The van der Waals surface area contributed by atoms with E-state index < -0.39 is 10.0 Å². The summed E-state index contributed by atoms with van der Waals surface area (Å²) < 4.78 is 32.5. The molecule has 1 aromatic carbocycles. The number of sulfonamides is 1. The van der Waals surface area contributed by atoms with Crippen LogP contribution in [0.25, 0.3) is 0 Å². The highest BCUT2D eigenvalue weighted by Gasteiger charge is 2.31. The molecule has 1 aliphatic heterocycles. The first kappa shape index (κ1) is 21.7. The van der Waals surface area contributed by atoms with Crippen molar-refractivity contribution in [3.8, 4) is 5.75 Å². The zero-order valence-corrected chi connectivity index (χ0v) is 17.3. The van der Waals surface area contributed by atoms with Gasteiger partial charge in [0.15, 0.2) is 6.54 Å². The lowest BCUT2D eigenvalue weighted by atomic mass is 10.2. The number of carbonyl (C=O) groups excluding carboxylic acids is 1. The van der Waals surface area contributed by atoms with Gasteiger partial charge in [0.05, 0.1) is 37.7 Å². The van der Waals surface area contributed by atoms with Crippen LogP contribution in [0.1, 0.15) is 33.6 Å². The summed E-state index contributed by atoms with van der Waals surface area (Å²) in [7, 11) is -3.51. The van der Waals surface area contributed by atoms with Crippen LogP contribution < -0.4 is 15.0 Å². The molecule has 7 nitrogen and oxygen atoms in total. The molecule has 1 heterocycles. The summed E-state index contributed by atoms with van der Waals surface area (Å²) in [6, 6.07) is 6.71. The molecule has 1 saturated heterocycles. The van der Waals surface area contributed by atoms with Gasteiger partial charge < -0.3 is 15.0 Å². The normalized spacial score (nSPS) is 17.4. The molecule has 0 radical (unpaired) electrons. The van der Waals surface area contributed by atoms with E-state index in [0.717, 1.165) is 17.7 Å². The summed E-state index contributed by atoms with van der Waals surface area (Å²) in [6.07, 6.45) is 2.01. The molecule has 0 saturated carbocycles. The largest absolute Gasteiger partial charge is 0.494 e. The fraction of sp³-hybridized carbons (Fsp3) is 0.632. The monoisotopic (exact) mass is 398 g/mol. The first-order valence-electron chi connectivity index (χ1n) is 9.72. The van der Waals surface area contributed by atoms with Crippen LogP contribution in [0, 0.1) is 0 Å². The Balaban J connectivity index is 1.87. The number of hydrogen-bond acceptors (Lipinski definition) is 4. The van der Waals surface area contributed by atoms with Crippen LogP contribution in [0.2, 0.25) is 0 Å². The highest BCUT2D eigenvalue weighted by molar-refractivity contribution is 7.89. The van der Waals surface area contributed by atoms with Crippen LogP contribution in [0.15, 0.2) is 29.2 Å². The molecule has 152 valence electrons.